The molecule has 0 spiro atoms. The summed E-state index contributed by atoms with van der Waals surface area (Å²) >= 11 is 0. The van der Waals surface area contributed by atoms with E-state index in [4.69, 9.17) is 4.74 Å². The van der Waals surface area contributed by atoms with Gasteiger partial charge in [-0.05, 0) is 49.9 Å². The predicted molar refractivity (Wildman–Crippen MR) is 96.6 cm³/mol. The number of anilines is 1. The van der Waals surface area contributed by atoms with Gasteiger partial charge in [0.25, 0.3) is 0 Å². The molecule has 1 aromatic rings. The number of benzene rings is 1. The number of nitrogens with one attached hydrogen (secondary N) is 1. The highest BCUT2D eigenvalue weighted by Gasteiger charge is 2.35. The first-order valence-corrected chi connectivity index (χ1v) is 8.98. The van der Waals surface area contributed by atoms with Crippen molar-refractivity contribution in [2.75, 3.05) is 44.7 Å². The second kappa shape index (κ2) is 7.75. The summed E-state index contributed by atoms with van der Waals surface area (Å²) in [6.45, 7) is 3.85. The molecule has 1 aromatic carbocycles. The molecule has 1 heterocycles. The van der Waals surface area contributed by atoms with Crippen LogP contribution in [-0.2, 0) is 4.79 Å². The molecule has 6 nitrogen and oxygen atoms in total. The quantitative estimate of drug-likeness (QED) is 0.883. The first-order chi connectivity index (χ1) is 12.1. The van der Waals surface area contributed by atoms with E-state index in [2.05, 4.69) is 33.3 Å². The summed E-state index contributed by atoms with van der Waals surface area (Å²) in [6.07, 6.45) is 3.60. The third-order valence-electron chi connectivity index (χ3n) is 5.23. The fraction of sp³-hybridized carbons (Fsp3) is 0.579. The van der Waals surface area contributed by atoms with Crippen LogP contribution in [-0.4, -0.2) is 56.2 Å². The summed E-state index contributed by atoms with van der Waals surface area (Å²) in [7, 11) is 1.67. The van der Waals surface area contributed by atoms with Gasteiger partial charge >= 0.3 is 0 Å². The van der Waals surface area contributed by atoms with Gasteiger partial charge in [-0.2, -0.15) is 5.26 Å². The van der Waals surface area contributed by atoms with Gasteiger partial charge in [0, 0.05) is 31.9 Å². The van der Waals surface area contributed by atoms with E-state index in [0.717, 1.165) is 57.6 Å². The zero-order chi connectivity index (χ0) is 17.7. The van der Waals surface area contributed by atoms with Crippen LogP contribution in [0, 0.1) is 11.3 Å². The molecule has 0 unspecified atom stereocenters. The number of carbonyl (C=O) groups excluding carboxylic acids is 1. The number of nitrogens with zero attached hydrogens (tertiary/aromatic N) is 3. The Balaban J connectivity index is 1.47. The van der Waals surface area contributed by atoms with Crippen LogP contribution in [0.25, 0.3) is 0 Å². The molecule has 0 bridgehead atoms. The maximum Gasteiger partial charge on any atom is 0.235 e. The molecule has 0 atom stereocenters. The van der Waals surface area contributed by atoms with E-state index < -0.39 is 5.54 Å². The van der Waals surface area contributed by atoms with Crippen LogP contribution in [0.5, 0.6) is 5.75 Å². The first-order valence-electron chi connectivity index (χ1n) is 8.98. The Kier molecular flexibility index (Phi) is 5.44. The summed E-state index contributed by atoms with van der Waals surface area (Å²) < 4.78 is 5.20. The number of hydrogen-bond acceptors (Lipinski definition) is 5. The molecule has 25 heavy (non-hydrogen) atoms. The van der Waals surface area contributed by atoms with Crippen molar-refractivity contribution in [3.63, 3.8) is 0 Å². The van der Waals surface area contributed by atoms with E-state index >= 15 is 0 Å². The Morgan fingerprint density at radius 2 is 1.84 bits per heavy atom. The third-order valence-corrected chi connectivity index (χ3v) is 5.23. The van der Waals surface area contributed by atoms with Gasteiger partial charge in [-0.15, -0.1) is 0 Å². The number of rotatable bonds is 5. The molecule has 1 N–H and O–H groups in total. The standard InChI is InChI=1S/C19H26N4O2/c1-25-17-6-4-16(5-7-17)23-12-10-22(11-13-23)14-18(24)21-19(15-20)8-2-3-9-19/h4-7H,2-3,8-14H2,1H3,(H,21,24). The number of piperazine rings is 1. The average molecular weight is 342 g/mol. The SMILES string of the molecule is COc1ccc(N2CCN(CC(=O)NC3(C#N)CCCC3)CC2)cc1. The molecule has 1 aliphatic carbocycles. The van der Waals surface area contributed by atoms with Gasteiger partial charge in [0.05, 0.1) is 19.7 Å². The minimum Gasteiger partial charge on any atom is -0.497 e. The van der Waals surface area contributed by atoms with Gasteiger partial charge in [-0.1, -0.05) is 0 Å². The Bertz CT molecular complexity index is 624. The molecule has 2 fully saturated rings. The van der Waals surface area contributed by atoms with Crippen LogP contribution in [0.2, 0.25) is 0 Å². The number of hydrogen-bond donors (Lipinski definition) is 1. The van der Waals surface area contributed by atoms with Crippen molar-refractivity contribution in [3.05, 3.63) is 24.3 Å². The van der Waals surface area contributed by atoms with E-state index in [1.54, 1.807) is 7.11 Å². The van der Waals surface area contributed by atoms with E-state index in [1.807, 2.05) is 12.1 Å². The molecule has 1 amide bonds. The zero-order valence-electron chi connectivity index (χ0n) is 14.8. The molecule has 2 aliphatic rings. The number of carbonyl (C=O) groups is 1. The monoisotopic (exact) mass is 342 g/mol. The van der Waals surface area contributed by atoms with Crippen LogP contribution in [0.15, 0.2) is 24.3 Å². The fourth-order valence-electron chi connectivity index (χ4n) is 3.71. The van der Waals surface area contributed by atoms with Gasteiger partial charge in [0.1, 0.15) is 11.3 Å². The van der Waals surface area contributed by atoms with E-state index in [0.29, 0.717) is 6.54 Å². The Labute approximate surface area is 149 Å². The normalized spacial score (nSPS) is 20.1. The molecular formula is C19H26N4O2. The van der Waals surface area contributed by atoms with Gasteiger partial charge in [-0.3, -0.25) is 9.69 Å². The molecular weight excluding hydrogens is 316 g/mol. The minimum absolute atomic E-state index is 0.0265. The highest BCUT2D eigenvalue weighted by Crippen LogP contribution is 2.28. The summed E-state index contributed by atoms with van der Waals surface area (Å²) in [4.78, 5) is 16.8. The summed E-state index contributed by atoms with van der Waals surface area (Å²) in [6, 6.07) is 10.4. The topological polar surface area (TPSA) is 68.6 Å². The average Bonchev–Trinajstić information content (AvgIpc) is 3.11. The van der Waals surface area contributed by atoms with Crippen molar-refractivity contribution < 1.29 is 9.53 Å². The van der Waals surface area contributed by atoms with Gasteiger partial charge in [-0.25, -0.2) is 0 Å². The predicted octanol–water partition coefficient (Wildman–Crippen LogP) is 1.77. The van der Waals surface area contributed by atoms with Gasteiger partial charge in [0.15, 0.2) is 0 Å². The number of methoxy groups -OCH3 is 1. The minimum atomic E-state index is -0.623. The van der Waals surface area contributed by atoms with E-state index in [9.17, 15) is 10.1 Å². The lowest BCUT2D eigenvalue weighted by atomic mass is 10.00. The van der Waals surface area contributed by atoms with Gasteiger partial charge in [0.2, 0.25) is 5.91 Å². The van der Waals surface area contributed by atoms with Crippen molar-refractivity contribution in [3.8, 4) is 11.8 Å². The maximum absolute atomic E-state index is 12.3. The second-order valence-electron chi connectivity index (χ2n) is 6.91. The number of ether oxygens (including phenoxy) is 1. The van der Waals surface area contributed by atoms with Gasteiger partial charge < -0.3 is 15.0 Å². The highest BCUT2D eigenvalue weighted by molar-refractivity contribution is 5.79. The van der Waals surface area contributed by atoms with Crippen molar-refractivity contribution in [1.29, 1.82) is 5.26 Å². The number of nitriles is 1. The highest BCUT2D eigenvalue weighted by atomic mass is 16.5. The van der Waals surface area contributed by atoms with Crippen LogP contribution >= 0.6 is 0 Å². The van der Waals surface area contributed by atoms with Crippen molar-refractivity contribution in [2.45, 2.75) is 31.2 Å². The molecule has 134 valence electrons. The lowest BCUT2D eigenvalue weighted by molar-refractivity contribution is -0.123. The molecule has 0 aromatic heterocycles. The summed E-state index contributed by atoms with van der Waals surface area (Å²) in [5.41, 5.74) is 0.557. The second-order valence-corrected chi connectivity index (χ2v) is 6.91. The molecule has 1 saturated heterocycles. The molecule has 6 heteroatoms. The fourth-order valence-corrected chi connectivity index (χ4v) is 3.71. The van der Waals surface area contributed by atoms with Crippen LogP contribution < -0.4 is 15.0 Å². The lowest BCUT2D eigenvalue weighted by Crippen LogP contribution is -2.53. The molecule has 3 rings (SSSR count). The van der Waals surface area contributed by atoms with Crippen LogP contribution in [0.1, 0.15) is 25.7 Å². The Hall–Kier alpha value is -2.26. The molecule has 1 aliphatic heterocycles. The van der Waals surface area contributed by atoms with Crippen molar-refractivity contribution in [1.82, 2.24) is 10.2 Å². The smallest absolute Gasteiger partial charge is 0.235 e. The number of amides is 1. The maximum atomic E-state index is 12.3. The summed E-state index contributed by atoms with van der Waals surface area (Å²) in [5, 5.41) is 12.4. The van der Waals surface area contributed by atoms with E-state index in [-0.39, 0.29) is 5.91 Å². The van der Waals surface area contributed by atoms with Crippen molar-refractivity contribution in [2.24, 2.45) is 0 Å². The zero-order valence-corrected chi connectivity index (χ0v) is 14.8. The largest absolute Gasteiger partial charge is 0.497 e. The van der Waals surface area contributed by atoms with Crippen molar-refractivity contribution >= 4 is 11.6 Å². The Morgan fingerprint density at radius 1 is 1.20 bits per heavy atom. The third kappa shape index (κ3) is 4.23. The first kappa shape index (κ1) is 17.6. The van der Waals surface area contributed by atoms with Crippen LogP contribution in [0.3, 0.4) is 0 Å². The molecule has 1 saturated carbocycles. The lowest BCUT2D eigenvalue weighted by Gasteiger charge is -2.36. The van der Waals surface area contributed by atoms with Crippen LogP contribution in [0.4, 0.5) is 5.69 Å². The molecule has 0 radical (unpaired) electrons. The summed E-state index contributed by atoms with van der Waals surface area (Å²) in [5.74, 6) is 0.832. The van der Waals surface area contributed by atoms with E-state index in [1.165, 1.54) is 5.69 Å². The Morgan fingerprint density at radius 3 is 2.40 bits per heavy atom.